The van der Waals surface area contributed by atoms with Gasteiger partial charge in [0.2, 0.25) is 10.0 Å². The Bertz CT molecular complexity index is 1330. The zero-order valence-electron chi connectivity index (χ0n) is 18.8. The topological polar surface area (TPSA) is 114 Å². The van der Waals surface area contributed by atoms with Gasteiger partial charge in [0.1, 0.15) is 0 Å². The molecule has 3 rings (SSSR count). The lowest BCUT2D eigenvalue weighted by atomic mass is 10.1. The summed E-state index contributed by atoms with van der Waals surface area (Å²) in [6, 6.07) is 2.65. The molecule has 0 bridgehead atoms. The summed E-state index contributed by atoms with van der Waals surface area (Å²) in [6.07, 6.45) is -8.21. The van der Waals surface area contributed by atoms with E-state index in [0.717, 1.165) is 0 Å². The van der Waals surface area contributed by atoms with E-state index >= 15 is 0 Å². The van der Waals surface area contributed by atoms with Gasteiger partial charge < -0.3 is 15.5 Å². The average Bonchev–Trinajstić information content (AvgIpc) is 3.18. The number of benzene rings is 2. The summed E-state index contributed by atoms with van der Waals surface area (Å²) in [5.74, 6) is 0. The van der Waals surface area contributed by atoms with Crippen LogP contribution in [0.1, 0.15) is 17.5 Å². The number of hydrogen-bond donors (Lipinski definition) is 3. The smallest absolute Gasteiger partial charge is 0.336 e. The number of nitriles is 1. The van der Waals surface area contributed by atoms with Crippen molar-refractivity contribution in [2.24, 2.45) is 0 Å². The van der Waals surface area contributed by atoms with Crippen molar-refractivity contribution in [2.45, 2.75) is 35.8 Å². The Balaban J connectivity index is 1.66. The minimum Gasteiger partial charge on any atom is -0.336 e. The van der Waals surface area contributed by atoms with Crippen molar-refractivity contribution in [3.05, 3.63) is 56.5 Å². The second-order valence-electron chi connectivity index (χ2n) is 8.16. The Morgan fingerprint density at radius 3 is 2.21 bits per heavy atom. The maximum Gasteiger partial charge on any atom is 0.416 e. The summed E-state index contributed by atoms with van der Waals surface area (Å²) < 4.78 is 107. The number of anilines is 1. The van der Waals surface area contributed by atoms with Crippen LogP contribution in [0.4, 0.5) is 36.8 Å². The minimum atomic E-state index is -5.08. The Hall–Kier alpha value is -2.55. The van der Waals surface area contributed by atoms with E-state index in [9.17, 15) is 44.8 Å². The molecule has 1 aliphatic heterocycles. The van der Waals surface area contributed by atoms with Crippen LogP contribution in [0.3, 0.4) is 0 Å². The van der Waals surface area contributed by atoms with Crippen molar-refractivity contribution < 1.29 is 39.6 Å². The quantitative estimate of drug-likeness (QED) is 0.282. The Kier molecular flexibility index (Phi) is 8.91. The first kappa shape index (κ1) is 30.0. The van der Waals surface area contributed by atoms with Gasteiger partial charge in [-0.15, -0.1) is 0 Å². The van der Waals surface area contributed by atoms with E-state index in [4.69, 9.17) is 0 Å². The fourth-order valence-corrected chi connectivity index (χ4v) is 6.44. The molecule has 0 aliphatic carbocycles. The Morgan fingerprint density at radius 2 is 1.66 bits per heavy atom. The highest BCUT2D eigenvalue weighted by atomic mass is 79.9. The van der Waals surface area contributed by atoms with E-state index in [2.05, 4.69) is 41.9 Å². The first-order chi connectivity index (χ1) is 17.5. The highest BCUT2D eigenvalue weighted by Crippen LogP contribution is 2.37. The van der Waals surface area contributed by atoms with E-state index in [1.165, 1.54) is 17.0 Å². The summed E-state index contributed by atoms with van der Waals surface area (Å²) in [5, 5.41) is 13.6. The number of rotatable bonds is 6. The number of carbonyl (C=O) groups excluding carboxylic acids is 1. The van der Waals surface area contributed by atoms with Gasteiger partial charge in [-0.2, -0.15) is 31.6 Å². The Morgan fingerprint density at radius 1 is 1.05 bits per heavy atom. The van der Waals surface area contributed by atoms with E-state index in [1.807, 2.05) is 11.5 Å². The molecule has 0 saturated carbocycles. The second kappa shape index (κ2) is 11.3. The van der Waals surface area contributed by atoms with E-state index in [1.54, 1.807) is 6.07 Å². The number of halogens is 8. The van der Waals surface area contributed by atoms with Gasteiger partial charge in [-0.25, -0.2) is 17.9 Å². The lowest BCUT2D eigenvalue weighted by Crippen LogP contribution is -2.39. The predicted octanol–water partition coefficient (Wildman–Crippen LogP) is 5.27. The lowest BCUT2D eigenvalue weighted by Gasteiger charge is -2.19. The molecule has 2 aromatic rings. The molecule has 38 heavy (non-hydrogen) atoms. The highest BCUT2D eigenvalue weighted by Gasteiger charge is 2.38. The highest BCUT2D eigenvalue weighted by molar-refractivity contribution is 9.11. The number of hydrogen-bond acceptors (Lipinski definition) is 5. The fraction of sp³-hybridized carbons (Fsp3) is 0.333. The molecule has 0 spiro atoms. The largest absolute Gasteiger partial charge is 0.416 e. The molecule has 17 heteroatoms. The van der Waals surface area contributed by atoms with E-state index in [0.29, 0.717) is 21.1 Å². The van der Waals surface area contributed by atoms with Gasteiger partial charge in [-0.1, -0.05) is 15.9 Å². The van der Waals surface area contributed by atoms with Crippen LogP contribution in [-0.2, 0) is 22.4 Å². The van der Waals surface area contributed by atoms with Gasteiger partial charge in [0.25, 0.3) is 0 Å². The van der Waals surface area contributed by atoms with Crippen LogP contribution < -0.4 is 15.4 Å². The zero-order valence-corrected chi connectivity index (χ0v) is 22.8. The Labute approximate surface area is 229 Å². The van der Waals surface area contributed by atoms with Crippen molar-refractivity contribution >= 4 is 53.6 Å². The predicted molar refractivity (Wildman–Crippen MR) is 130 cm³/mol. The summed E-state index contributed by atoms with van der Waals surface area (Å²) in [6.45, 7) is -0.277. The number of alkyl halides is 6. The molecule has 2 aromatic carbocycles. The molecule has 8 nitrogen and oxygen atoms in total. The summed E-state index contributed by atoms with van der Waals surface area (Å²) >= 11 is 6.36. The van der Waals surface area contributed by atoms with Crippen molar-refractivity contribution in [1.82, 2.24) is 14.9 Å². The van der Waals surface area contributed by atoms with Gasteiger partial charge in [0.05, 0.1) is 22.1 Å². The van der Waals surface area contributed by atoms with Crippen LogP contribution in [0.5, 0.6) is 0 Å². The summed E-state index contributed by atoms with van der Waals surface area (Å²) in [5.41, 5.74) is -3.93. The third-order valence-electron chi connectivity index (χ3n) is 5.39. The molecule has 0 radical (unpaired) electrons. The van der Waals surface area contributed by atoms with Crippen LogP contribution >= 0.6 is 31.9 Å². The first-order valence-electron chi connectivity index (χ1n) is 10.5. The van der Waals surface area contributed by atoms with Crippen molar-refractivity contribution in [3.8, 4) is 6.19 Å². The van der Waals surface area contributed by atoms with Gasteiger partial charge in [0.15, 0.2) is 6.19 Å². The summed E-state index contributed by atoms with van der Waals surface area (Å²) in [4.78, 5) is 13.4. The van der Waals surface area contributed by atoms with Crippen LogP contribution in [0.2, 0.25) is 0 Å². The number of amides is 2. The molecule has 1 heterocycles. The average molecular weight is 693 g/mol. The third-order valence-corrected chi connectivity index (χ3v) is 8.40. The SMILES string of the molecule is N#CN1C[C@H](NS(=O)(=O)c2cc(Br)ccc2Br)C[C@@H]1CNC(=O)Nc1cc(C(F)(F)F)cc(C(F)(F)F)c1. The first-order valence-corrected chi connectivity index (χ1v) is 13.5. The molecular weight excluding hydrogens is 676 g/mol. The van der Waals surface area contributed by atoms with Crippen molar-refractivity contribution in [2.75, 3.05) is 18.4 Å². The number of nitrogens with zero attached hydrogens (tertiary/aromatic N) is 2. The maximum atomic E-state index is 13.0. The number of urea groups is 1. The van der Waals surface area contributed by atoms with Crippen LogP contribution in [-0.4, -0.2) is 44.5 Å². The molecule has 2 amide bonds. The van der Waals surface area contributed by atoms with Gasteiger partial charge in [-0.05, 0) is 58.7 Å². The minimum absolute atomic E-state index is 0.0299. The van der Waals surface area contributed by atoms with E-state index < -0.39 is 57.3 Å². The van der Waals surface area contributed by atoms with Gasteiger partial charge in [-0.3, -0.25) is 0 Å². The fourth-order valence-electron chi connectivity index (χ4n) is 3.70. The monoisotopic (exact) mass is 691 g/mol. The molecule has 1 fully saturated rings. The molecule has 2 atom stereocenters. The third kappa shape index (κ3) is 7.52. The number of sulfonamides is 1. The van der Waals surface area contributed by atoms with Crippen molar-refractivity contribution in [3.63, 3.8) is 0 Å². The molecule has 0 aromatic heterocycles. The van der Waals surface area contributed by atoms with E-state index in [-0.39, 0.29) is 30.5 Å². The number of likely N-dealkylation sites (tertiary alicyclic amines) is 1. The van der Waals surface area contributed by atoms with Crippen molar-refractivity contribution in [1.29, 1.82) is 5.26 Å². The zero-order chi connectivity index (χ0) is 28.5. The summed E-state index contributed by atoms with van der Waals surface area (Å²) in [7, 11) is -4.00. The molecule has 1 saturated heterocycles. The molecule has 1 aliphatic rings. The van der Waals surface area contributed by atoms with Crippen LogP contribution in [0, 0.1) is 11.5 Å². The second-order valence-corrected chi connectivity index (χ2v) is 11.6. The number of nitrogens with one attached hydrogen (secondary N) is 3. The standard InChI is InChI=1S/C21H17Br2F6N5O3S/c22-13-1-2-17(23)18(6-13)38(36,37)33-15-7-16(34(9-15)10-30)8-31-19(35)32-14-4-11(20(24,25)26)3-12(5-14)21(27,28)29/h1-6,15-16,33H,7-9H2,(H2,31,32,35)/t15-,16-/m1/s1. The number of carbonyl (C=O) groups is 1. The van der Waals surface area contributed by atoms with Gasteiger partial charge >= 0.3 is 18.4 Å². The lowest BCUT2D eigenvalue weighted by molar-refractivity contribution is -0.143. The molecular formula is C21H17Br2F6N5O3S. The van der Waals surface area contributed by atoms with Gasteiger partial charge in [0, 0.05) is 33.8 Å². The maximum absolute atomic E-state index is 13.0. The molecule has 3 N–H and O–H groups in total. The molecule has 206 valence electrons. The van der Waals surface area contributed by atoms with Crippen LogP contribution in [0.25, 0.3) is 0 Å². The normalized spacial score (nSPS) is 18.2. The van der Waals surface area contributed by atoms with Crippen LogP contribution in [0.15, 0.2) is 50.2 Å². The molecule has 0 unspecified atom stereocenters.